The molecule has 3 unspecified atom stereocenters. The molecule has 0 aliphatic carbocycles. The number of carboxylic acids is 1. The van der Waals surface area contributed by atoms with Crippen LogP contribution in [-0.2, 0) is 4.84 Å². The fourth-order valence-corrected chi connectivity index (χ4v) is 5.94. The maximum absolute atomic E-state index is 15.7. The van der Waals surface area contributed by atoms with Crippen LogP contribution in [0.1, 0.15) is 44.0 Å². The predicted octanol–water partition coefficient (Wildman–Crippen LogP) is 2.28. The van der Waals surface area contributed by atoms with Gasteiger partial charge in [-0.2, -0.15) is 0 Å². The van der Waals surface area contributed by atoms with Gasteiger partial charge in [0.15, 0.2) is 17.7 Å². The standard InChI is InChI=1S/C27H21FN4O7/c1-12-11-38-24-21-15(23(33)17(27(36)37)8-31(12)21)6-18(28)22(24)30-7-16-19(29-39-20(16)10-30)9-32-25(34)13-4-2-3-5-14(13)26(32)35/h2-6,8,12,16,20H,7,9-11H2,1H3,(H,36,37). The Labute approximate surface area is 219 Å². The summed E-state index contributed by atoms with van der Waals surface area (Å²) < 4.78 is 23.2. The van der Waals surface area contributed by atoms with E-state index in [0.29, 0.717) is 22.4 Å². The molecule has 2 aromatic carbocycles. The Morgan fingerprint density at radius 2 is 1.87 bits per heavy atom. The van der Waals surface area contributed by atoms with E-state index >= 15 is 4.39 Å². The molecule has 0 saturated carbocycles. The molecule has 4 aliphatic rings. The van der Waals surface area contributed by atoms with Gasteiger partial charge in [-0.25, -0.2) is 9.18 Å². The molecular weight excluding hydrogens is 511 g/mol. The van der Waals surface area contributed by atoms with E-state index in [1.54, 1.807) is 33.7 Å². The van der Waals surface area contributed by atoms with Crippen LogP contribution in [0, 0.1) is 11.7 Å². The van der Waals surface area contributed by atoms with Crippen molar-refractivity contribution >= 4 is 40.1 Å². The van der Waals surface area contributed by atoms with Crippen LogP contribution in [0.25, 0.3) is 10.9 Å². The smallest absolute Gasteiger partial charge is 0.341 e. The molecule has 1 aromatic heterocycles. The van der Waals surface area contributed by atoms with Crippen molar-refractivity contribution in [2.75, 3.05) is 31.1 Å². The molecule has 7 rings (SSSR count). The second kappa shape index (κ2) is 8.13. The Hall–Kier alpha value is -4.74. The van der Waals surface area contributed by atoms with Crippen molar-refractivity contribution in [3.63, 3.8) is 0 Å². The van der Waals surface area contributed by atoms with E-state index in [0.717, 1.165) is 11.0 Å². The zero-order chi connectivity index (χ0) is 27.2. The second-order valence-corrected chi connectivity index (χ2v) is 10.2. The van der Waals surface area contributed by atoms with E-state index in [1.807, 2.05) is 6.92 Å². The highest BCUT2D eigenvalue weighted by Gasteiger charge is 2.46. The Morgan fingerprint density at radius 1 is 1.15 bits per heavy atom. The molecule has 198 valence electrons. The van der Waals surface area contributed by atoms with E-state index < -0.39 is 40.7 Å². The fourth-order valence-electron chi connectivity index (χ4n) is 5.94. The molecule has 3 atom stereocenters. The lowest BCUT2D eigenvalue weighted by Crippen LogP contribution is -2.38. The number of ether oxygens (including phenoxy) is 1. The third-order valence-corrected chi connectivity index (χ3v) is 7.89. The number of halogens is 1. The Morgan fingerprint density at radius 3 is 2.56 bits per heavy atom. The molecular formula is C27H21FN4O7. The number of hydrogen-bond acceptors (Lipinski definition) is 8. The summed E-state index contributed by atoms with van der Waals surface area (Å²) in [5.74, 6) is -3.06. The maximum atomic E-state index is 15.7. The number of pyridine rings is 1. The number of carboxylic acid groups (broad SMARTS) is 1. The number of carbonyl (C=O) groups excluding carboxylic acids is 2. The van der Waals surface area contributed by atoms with Gasteiger partial charge in [-0.1, -0.05) is 17.3 Å². The molecule has 39 heavy (non-hydrogen) atoms. The van der Waals surface area contributed by atoms with Gasteiger partial charge in [-0.3, -0.25) is 19.3 Å². The van der Waals surface area contributed by atoms with Gasteiger partial charge in [-0.15, -0.1) is 0 Å². The van der Waals surface area contributed by atoms with Gasteiger partial charge in [0, 0.05) is 12.7 Å². The van der Waals surface area contributed by atoms with Crippen molar-refractivity contribution in [1.82, 2.24) is 9.47 Å². The summed E-state index contributed by atoms with van der Waals surface area (Å²) in [6.07, 6.45) is 0.844. The van der Waals surface area contributed by atoms with Gasteiger partial charge in [0.05, 0.1) is 52.8 Å². The summed E-state index contributed by atoms with van der Waals surface area (Å²) >= 11 is 0. The number of hydrogen-bond donors (Lipinski definition) is 1. The van der Waals surface area contributed by atoms with E-state index in [-0.39, 0.29) is 55.0 Å². The average molecular weight is 532 g/mol. The van der Waals surface area contributed by atoms with E-state index in [9.17, 15) is 24.3 Å². The van der Waals surface area contributed by atoms with E-state index in [1.165, 1.54) is 6.20 Å². The van der Waals surface area contributed by atoms with Crippen molar-refractivity contribution in [2.24, 2.45) is 11.1 Å². The van der Waals surface area contributed by atoms with Gasteiger partial charge in [0.1, 0.15) is 17.9 Å². The summed E-state index contributed by atoms with van der Waals surface area (Å²) in [6.45, 7) is 2.46. The SMILES string of the molecule is CC1COc2c(N3CC4ON=C(CN5C(=O)c6ccccc6C5=O)C4C3)c(F)cc3c(=O)c(C(=O)O)cn1c23. The van der Waals surface area contributed by atoms with Crippen LogP contribution in [0.5, 0.6) is 5.75 Å². The van der Waals surface area contributed by atoms with Crippen LogP contribution >= 0.6 is 0 Å². The highest BCUT2D eigenvalue weighted by Crippen LogP contribution is 2.44. The Bertz CT molecular complexity index is 1700. The van der Waals surface area contributed by atoms with Gasteiger partial charge in [-0.05, 0) is 25.1 Å². The number of anilines is 1. The van der Waals surface area contributed by atoms with Crippen LogP contribution in [0.2, 0.25) is 0 Å². The highest BCUT2D eigenvalue weighted by molar-refractivity contribution is 6.22. The van der Waals surface area contributed by atoms with Crippen LogP contribution in [0.3, 0.4) is 0 Å². The molecule has 11 nitrogen and oxygen atoms in total. The lowest BCUT2D eigenvalue weighted by atomic mass is 10.0. The number of imide groups is 1. The summed E-state index contributed by atoms with van der Waals surface area (Å²) in [7, 11) is 0. The van der Waals surface area contributed by atoms with Gasteiger partial charge >= 0.3 is 5.97 Å². The molecule has 4 aliphatic heterocycles. The highest BCUT2D eigenvalue weighted by atomic mass is 19.1. The number of rotatable bonds is 4. The van der Waals surface area contributed by atoms with Crippen molar-refractivity contribution in [3.8, 4) is 5.75 Å². The zero-order valence-corrected chi connectivity index (χ0v) is 20.6. The third-order valence-electron chi connectivity index (χ3n) is 7.89. The Kier molecular flexibility index (Phi) is 4.87. The topological polar surface area (TPSA) is 131 Å². The van der Waals surface area contributed by atoms with Crippen LogP contribution < -0.4 is 15.1 Å². The molecule has 12 heteroatoms. The van der Waals surface area contributed by atoms with Crippen molar-refractivity contribution in [1.29, 1.82) is 0 Å². The van der Waals surface area contributed by atoms with Gasteiger partial charge in [0.25, 0.3) is 11.8 Å². The van der Waals surface area contributed by atoms with Gasteiger partial charge in [0.2, 0.25) is 5.43 Å². The quantitative estimate of drug-likeness (QED) is 0.507. The first-order valence-corrected chi connectivity index (χ1v) is 12.4. The summed E-state index contributed by atoms with van der Waals surface area (Å²) in [5.41, 5.74) is 0.439. The number of oxime groups is 1. The maximum Gasteiger partial charge on any atom is 0.341 e. The zero-order valence-electron chi connectivity index (χ0n) is 20.6. The monoisotopic (exact) mass is 532 g/mol. The summed E-state index contributed by atoms with van der Waals surface area (Å²) in [4.78, 5) is 58.8. The molecule has 5 heterocycles. The van der Waals surface area contributed by atoms with Crippen molar-refractivity contribution in [2.45, 2.75) is 19.1 Å². The molecule has 0 radical (unpaired) electrons. The number of nitrogens with zero attached hydrogens (tertiary/aromatic N) is 4. The minimum atomic E-state index is -1.38. The number of aromatic nitrogens is 1. The van der Waals surface area contributed by atoms with Crippen LogP contribution in [0.15, 0.2) is 46.5 Å². The number of carbonyl (C=O) groups is 3. The summed E-state index contributed by atoms with van der Waals surface area (Å²) in [6, 6.07) is 7.39. The normalized spacial score (nSPS) is 23.0. The molecule has 1 fully saturated rings. The van der Waals surface area contributed by atoms with Crippen molar-refractivity contribution in [3.05, 3.63) is 69.3 Å². The largest absolute Gasteiger partial charge is 0.487 e. The van der Waals surface area contributed by atoms with Crippen LogP contribution in [0.4, 0.5) is 10.1 Å². The molecule has 0 spiro atoms. The lowest BCUT2D eigenvalue weighted by molar-refractivity contribution is 0.0669. The summed E-state index contributed by atoms with van der Waals surface area (Å²) in [5, 5.41) is 13.6. The Balaban J connectivity index is 1.22. The van der Waals surface area contributed by atoms with Crippen LogP contribution in [-0.4, -0.2) is 70.4 Å². The molecule has 1 saturated heterocycles. The number of aromatic carboxylic acids is 1. The van der Waals surface area contributed by atoms with E-state index in [2.05, 4.69) is 5.16 Å². The lowest BCUT2D eigenvalue weighted by Gasteiger charge is -2.31. The minimum absolute atomic E-state index is 0.0417. The van der Waals surface area contributed by atoms with Gasteiger partial charge < -0.3 is 24.1 Å². The first-order chi connectivity index (χ1) is 18.7. The first-order valence-electron chi connectivity index (χ1n) is 12.4. The fraction of sp³-hybridized carbons (Fsp3) is 0.296. The molecule has 2 amide bonds. The molecule has 1 N–H and O–H groups in total. The van der Waals surface area contributed by atoms with E-state index in [4.69, 9.17) is 9.57 Å². The predicted molar refractivity (Wildman–Crippen MR) is 135 cm³/mol. The second-order valence-electron chi connectivity index (χ2n) is 10.2. The first kappa shape index (κ1) is 23.4. The molecule has 0 bridgehead atoms. The number of amides is 2. The number of benzene rings is 2. The average Bonchev–Trinajstić information content (AvgIpc) is 3.56. The molecule has 3 aromatic rings. The van der Waals surface area contributed by atoms with Crippen molar-refractivity contribution < 1.29 is 33.5 Å². The minimum Gasteiger partial charge on any atom is -0.487 e. The third kappa shape index (κ3) is 3.23. The number of fused-ring (bicyclic) bond motifs is 2.